The van der Waals surface area contributed by atoms with Gasteiger partial charge in [-0.2, -0.15) is 0 Å². The number of rotatable bonds is 2. The quantitative estimate of drug-likeness (QED) is 0.322. The number of benzene rings is 5. The minimum absolute atomic E-state index is 0.194. The first-order valence-electron chi connectivity index (χ1n) is 12.2. The highest BCUT2D eigenvalue weighted by Gasteiger charge is 2.47. The second-order valence-electron chi connectivity index (χ2n) is 9.59. The Labute approximate surface area is 205 Å². The molecule has 0 bridgehead atoms. The molecule has 0 saturated carbocycles. The fourth-order valence-electron chi connectivity index (χ4n) is 6.29. The number of aryl methyl sites for hydroxylation is 1. The maximum Gasteiger partial charge on any atom is 0.257 e. The predicted molar refractivity (Wildman–Crippen MR) is 148 cm³/mol. The van der Waals surface area contributed by atoms with Crippen LogP contribution in [0, 0.1) is 6.92 Å². The smallest absolute Gasteiger partial charge is 0.257 e. The molecule has 0 spiro atoms. The topological polar surface area (TPSA) is 18.5 Å². The van der Waals surface area contributed by atoms with E-state index in [1.165, 1.54) is 67.5 Å². The van der Waals surface area contributed by atoms with Gasteiger partial charge in [0, 0.05) is 45.5 Å². The van der Waals surface area contributed by atoms with Gasteiger partial charge in [0.15, 0.2) is 0 Å². The number of anilines is 8. The van der Waals surface area contributed by atoms with Crippen LogP contribution in [-0.4, -0.2) is 6.71 Å². The van der Waals surface area contributed by atoms with Gasteiger partial charge in [-0.15, -0.1) is 0 Å². The summed E-state index contributed by atoms with van der Waals surface area (Å²) in [6, 6.07) is 39.6. The van der Waals surface area contributed by atoms with Crippen LogP contribution < -0.4 is 31.5 Å². The van der Waals surface area contributed by atoms with Gasteiger partial charge in [-0.25, -0.2) is 0 Å². The van der Waals surface area contributed by atoms with Gasteiger partial charge in [-0.05, 0) is 89.5 Å². The van der Waals surface area contributed by atoms with E-state index in [-0.39, 0.29) is 6.71 Å². The van der Waals surface area contributed by atoms with Crippen molar-refractivity contribution in [3.8, 4) is 0 Å². The minimum Gasteiger partial charge on any atom is -0.356 e. The molecule has 35 heavy (non-hydrogen) atoms. The number of nitrogens with one attached hydrogen (secondary N) is 1. The van der Waals surface area contributed by atoms with E-state index in [1.54, 1.807) is 0 Å². The maximum absolute atomic E-state index is 3.78. The maximum atomic E-state index is 3.78. The molecule has 3 heterocycles. The molecule has 0 radical (unpaired) electrons. The standard InChI is InChI=1S/C31H22BN3/c1-20-18-27-31-28(19-20)35(22-12-6-3-7-13-22)26-17-9-15-24-30(26)32(31)29-23(33-24)14-8-16-25(29)34(27)21-10-4-2-5-11-21/h2-19,33H,1H3. The van der Waals surface area contributed by atoms with Gasteiger partial charge in [-0.1, -0.05) is 48.5 Å². The molecular weight excluding hydrogens is 425 g/mol. The summed E-state index contributed by atoms with van der Waals surface area (Å²) in [4.78, 5) is 4.90. The Morgan fingerprint density at radius 3 is 1.49 bits per heavy atom. The SMILES string of the molecule is Cc1cc2c3c(c1)N(c1ccccc1)c1cccc4c1B3c1c(cccc1N2c1ccccc1)N4. The zero-order valence-corrected chi connectivity index (χ0v) is 19.4. The van der Waals surface area contributed by atoms with E-state index in [4.69, 9.17) is 0 Å². The normalized spacial score (nSPS) is 13.9. The van der Waals surface area contributed by atoms with Crippen molar-refractivity contribution in [3.63, 3.8) is 0 Å². The van der Waals surface area contributed by atoms with E-state index < -0.39 is 0 Å². The van der Waals surface area contributed by atoms with E-state index in [0.29, 0.717) is 0 Å². The van der Waals surface area contributed by atoms with Crippen LogP contribution in [0.1, 0.15) is 5.56 Å². The summed E-state index contributed by atoms with van der Waals surface area (Å²) >= 11 is 0. The van der Waals surface area contributed by atoms with E-state index >= 15 is 0 Å². The third kappa shape index (κ3) is 2.46. The fourth-order valence-corrected chi connectivity index (χ4v) is 6.29. The van der Waals surface area contributed by atoms with Crippen molar-refractivity contribution in [3.05, 3.63) is 115 Å². The summed E-state index contributed by atoms with van der Waals surface area (Å²) < 4.78 is 0. The predicted octanol–water partition coefficient (Wildman–Crippen LogP) is 6.13. The Morgan fingerprint density at radius 2 is 1.00 bits per heavy atom. The lowest BCUT2D eigenvalue weighted by atomic mass is 9.32. The molecule has 3 nitrogen and oxygen atoms in total. The third-order valence-electron chi connectivity index (χ3n) is 7.57. The molecule has 0 aromatic heterocycles. The van der Waals surface area contributed by atoms with Gasteiger partial charge in [-0.3, -0.25) is 0 Å². The largest absolute Gasteiger partial charge is 0.356 e. The summed E-state index contributed by atoms with van der Waals surface area (Å²) in [6.45, 7) is 2.41. The fraction of sp³-hybridized carbons (Fsp3) is 0.0323. The summed E-state index contributed by atoms with van der Waals surface area (Å²) in [7, 11) is 0. The van der Waals surface area contributed by atoms with Crippen molar-refractivity contribution in [1.82, 2.24) is 0 Å². The first-order chi connectivity index (χ1) is 17.3. The number of para-hydroxylation sites is 2. The van der Waals surface area contributed by atoms with Crippen LogP contribution in [0.5, 0.6) is 0 Å². The van der Waals surface area contributed by atoms with Crippen LogP contribution in [0.15, 0.2) is 109 Å². The molecule has 0 fully saturated rings. The van der Waals surface area contributed by atoms with Gasteiger partial charge < -0.3 is 15.1 Å². The van der Waals surface area contributed by atoms with Crippen LogP contribution >= 0.6 is 0 Å². The first kappa shape index (κ1) is 18.9. The number of hydrogen-bond acceptors (Lipinski definition) is 3. The van der Waals surface area contributed by atoms with Gasteiger partial charge in [0.05, 0.1) is 0 Å². The molecule has 4 heteroatoms. The Bertz CT molecular complexity index is 1530. The Hall–Kier alpha value is -4.44. The highest BCUT2D eigenvalue weighted by molar-refractivity contribution is 7.02. The minimum atomic E-state index is 0.194. The lowest BCUT2D eigenvalue weighted by Gasteiger charge is -2.47. The first-order valence-corrected chi connectivity index (χ1v) is 12.2. The van der Waals surface area contributed by atoms with Gasteiger partial charge in [0.1, 0.15) is 0 Å². The molecule has 8 rings (SSSR count). The molecule has 0 amide bonds. The molecule has 0 atom stereocenters. The average Bonchev–Trinajstić information content (AvgIpc) is 2.90. The van der Waals surface area contributed by atoms with Crippen LogP contribution in [0.4, 0.5) is 45.5 Å². The third-order valence-corrected chi connectivity index (χ3v) is 7.57. The zero-order chi connectivity index (χ0) is 23.1. The summed E-state index contributed by atoms with van der Waals surface area (Å²) in [5.41, 5.74) is 15.2. The van der Waals surface area contributed by atoms with Crippen LogP contribution in [0.3, 0.4) is 0 Å². The van der Waals surface area contributed by atoms with Crippen molar-refractivity contribution in [2.24, 2.45) is 0 Å². The van der Waals surface area contributed by atoms with Crippen molar-refractivity contribution in [1.29, 1.82) is 0 Å². The molecule has 3 aliphatic heterocycles. The van der Waals surface area contributed by atoms with E-state index in [2.05, 4.69) is 131 Å². The molecule has 5 aromatic carbocycles. The molecule has 5 aromatic rings. The van der Waals surface area contributed by atoms with E-state index in [9.17, 15) is 0 Å². The van der Waals surface area contributed by atoms with Crippen molar-refractivity contribution in [2.75, 3.05) is 15.1 Å². The van der Waals surface area contributed by atoms with Gasteiger partial charge in [0.25, 0.3) is 6.71 Å². The van der Waals surface area contributed by atoms with Gasteiger partial charge >= 0.3 is 0 Å². The molecular formula is C31H22BN3. The molecule has 0 saturated heterocycles. The highest BCUT2D eigenvalue weighted by atomic mass is 15.2. The lowest BCUT2D eigenvalue weighted by Crippen LogP contribution is -2.64. The average molecular weight is 447 g/mol. The number of hydrogen-bond donors (Lipinski definition) is 1. The highest BCUT2D eigenvalue weighted by Crippen LogP contribution is 2.47. The zero-order valence-electron chi connectivity index (χ0n) is 19.4. The van der Waals surface area contributed by atoms with Gasteiger partial charge in [0.2, 0.25) is 0 Å². The van der Waals surface area contributed by atoms with E-state index in [0.717, 1.165) is 0 Å². The van der Waals surface area contributed by atoms with Crippen molar-refractivity contribution in [2.45, 2.75) is 6.92 Å². The molecule has 164 valence electrons. The summed E-state index contributed by atoms with van der Waals surface area (Å²) in [5.74, 6) is 0. The second kappa shape index (κ2) is 6.80. The summed E-state index contributed by atoms with van der Waals surface area (Å²) in [6.07, 6.45) is 0. The molecule has 3 aliphatic rings. The molecule has 0 aliphatic carbocycles. The summed E-state index contributed by atoms with van der Waals surface area (Å²) in [5, 5.41) is 3.78. The Balaban J connectivity index is 1.53. The second-order valence-corrected chi connectivity index (χ2v) is 9.59. The van der Waals surface area contributed by atoms with Crippen LogP contribution in [-0.2, 0) is 0 Å². The monoisotopic (exact) mass is 447 g/mol. The van der Waals surface area contributed by atoms with Crippen LogP contribution in [0.2, 0.25) is 0 Å². The Kier molecular flexibility index (Phi) is 3.68. The van der Waals surface area contributed by atoms with Crippen LogP contribution in [0.25, 0.3) is 0 Å². The molecule has 0 unspecified atom stereocenters. The van der Waals surface area contributed by atoms with Crippen molar-refractivity contribution >= 4 is 68.6 Å². The Morgan fingerprint density at radius 1 is 0.514 bits per heavy atom. The molecule has 1 N–H and O–H groups in total. The number of nitrogens with zero attached hydrogens (tertiary/aromatic N) is 2. The lowest BCUT2D eigenvalue weighted by molar-refractivity contribution is 1.23. The van der Waals surface area contributed by atoms with Crippen molar-refractivity contribution < 1.29 is 0 Å². The van der Waals surface area contributed by atoms with E-state index in [1.807, 2.05) is 0 Å².